The third-order valence-corrected chi connectivity index (χ3v) is 2.30. The van der Waals surface area contributed by atoms with Crippen molar-refractivity contribution >= 4 is 0 Å². The molecule has 2 rings (SSSR count). The maximum absolute atomic E-state index is 3.41. The molecule has 1 aliphatic heterocycles. The summed E-state index contributed by atoms with van der Waals surface area (Å²) in [5.74, 6) is 1.08. The lowest BCUT2D eigenvalue weighted by atomic mass is 9.96. The summed E-state index contributed by atoms with van der Waals surface area (Å²) in [5, 5.41) is 3.41. The van der Waals surface area contributed by atoms with Crippen molar-refractivity contribution in [2.24, 2.45) is 5.92 Å². The van der Waals surface area contributed by atoms with Crippen molar-refractivity contribution in [3.05, 3.63) is 0 Å². The van der Waals surface area contributed by atoms with Crippen LogP contribution in [-0.2, 0) is 0 Å². The molecule has 2 atom stereocenters. The fourth-order valence-electron chi connectivity index (χ4n) is 1.69. The Morgan fingerprint density at radius 3 is 2.57 bits per heavy atom. The first-order valence-electron chi connectivity index (χ1n) is 3.20. The number of rotatable bonds is 0. The van der Waals surface area contributed by atoms with Gasteiger partial charge in [0.05, 0.1) is 0 Å². The lowest BCUT2D eigenvalue weighted by molar-refractivity contribution is 0.274. The van der Waals surface area contributed by atoms with E-state index in [2.05, 4.69) is 5.32 Å². The number of nitrogens with one attached hydrogen (secondary N) is 1. The summed E-state index contributed by atoms with van der Waals surface area (Å²) in [7, 11) is 0. The second-order valence-corrected chi connectivity index (χ2v) is 2.71. The predicted octanol–water partition coefficient (Wildman–Crippen LogP) is 0.758. The van der Waals surface area contributed by atoms with Gasteiger partial charge in [0.25, 0.3) is 0 Å². The highest BCUT2D eigenvalue weighted by molar-refractivity contribution is 4.92. The highest BCUT2D eigenvalue weighted by Gasteiger charge is 2.33. The van der Waals surface area contributed by atoms with E-state index in [-0.39, 0.29) is 0 Å². The Bertz CT molecular complexity index is 70.2. The Morgan fingerprint density at radius 2 is 2.29 bits per heavy atom. The van der Waals surface area contributed by atoms with Gasteiger partial charge in [-0.2, -0.15) is 0 Å². The van der Waals surface area contributed by atoms with Crippen molar-refractivity contribution < 1.29 is 0 Å². The molecule has 40 valence electrons. The van der Waals surface area contributed by atoms with Crippen LogP contribution >= 0.6 is 0 Å². The highest BCUT2D eigenvalue weighted by Crippen LogP contribution is 2.30. The summed E-state index contributed by atoms with van der Waals surface area (Å²) in [6.07, 6.45) is 4.42. The first-order chi connectivity index (χ1) is 3.47. The zero-order valence-corrected chi connectivity index (χ0v) is 4.48. The van der Waals surface area contributed by atoms with Crippen LogP contribution < -0.4 is 5.32 Å². The van der Waals surface area contributed by atoms with Crippen LogP contribution in [0.4, 0.5) is 0 Å². The van der Waals surface area contributed by atoms with Crippen LogP contribution in [0.25, 0.3) is 0 Å². The molecular formula is C6H11N. The molecule has 1 saturated heterocycles. The molecule has 1 N–H and O–H groups in total. The van der Waals surface area contributed by atoms with Crippen LogP contribution in [0, 0.1) is 5.92 Å². The van der Waals surface area contributed by atoms with Gasteiger partial charge in [-0.25, -0.2) is 0 Å². The Labute approximate surface area is 44.1 Å². The summed E-state index contributed by atoms with van der Waals surface area (Å²) in [4.78, 5) is 0. The van der Waals surface area contributed by atoms with E-state index >= 15 is 0 Å². The van der Waals surface area contributed by atoms with Gasteiger partial charge in [-0.3, -0.25) is 0 Å². The largest absolute Gasteiger partial charge is 0.313 e. The molecule has 0 amide bonds. The summed E-state index contributed by atoms with van der Waals surface area (Å²) < 4.78 is 0. The van der Waals surface area contributed by atoms with Crippen molar-refractivity contribution in [1.82, 2.24) is 5.32 Å². The molecule has 7 heavy (non-hydrogen) atoms. The first-order valence-corrected chi connectivity index (χ1v) is 3.20. The van der Waals surface area contributed by atoms with E-state index in [1.54, 1.807) is 0 Å². The molecule has 0 spiro atoms. The number of fused-ring (bicyclic) bond motifs is 1. The molecule has 2 fully saturated rings. The molecule has 0 aromatic carbocycles. The minimum Gasteiger partial charge on any atom is -0.313 e. The molecule has 0 aromatic rings. The lowest BCUT2D eigenvalue weighted by Gasteiger charge is -2.31. The van der Waals surface area contributed by atoms with Crippen molar-refractivity contribution in [3.8, 4) is 0 Å². The summed E-state index contributed by atoms with van der Waals surface area (Å²) in [6, 6.07) is 0.944. The molecular weight excluding hydrogens is 86.1 g/mol. The molecule has 1 nitrogen and oxygen atoms in total. The second kappa shape index (κ2) is 1.22. The molecule has 1 aliphatic carbocycles. The molecule has 1 heterocycles. The van der Waals surface area contributed by atoms with Gasteiger partial charge in [-0.05, 0) is 25.3 Å². The Balaban J connectivity index is 2.03. The van der Waals surface area contributed by atoms with Crippen molar-refractivity contribution in [2.75, 3.05) is 6.54 Å². The quantitative estimate of drug-likeness (QED) is 0.470. The van der Waals surface area contributed by atoms with Gasteiger partial charge in [0.2, 0.25) is 0 Å². The fourth-order valence-corrected chi connectivity index (χ4v) is 1.69. The average molecular weight is 97.2 g/mol. The van der Waals surface area contributed by atoms with E-state index in [1.807, 2.05) is 0 Å². The lowest BCUT2D eigenvalue weighted by Crippen LogP contribution is -2.49. The standard InChI is InChI=1S/C6H11N/c1-2-5-4-7-6(5)3-1/h5-7H,1-4H2/t5-,6+/m1/s1. The van der Waals surface area contributed by atoms with E-state index in [0.717, 1.165) is 12.0 Å². The highest BCUT2D eigenvalue weighted by atomic mass is 15.0. The van der Waals surface area contributed by atoms with Crippen LogP contribution in [0.15, 0.2) is 0 Å². The van der Waals surface area contributed by atoms with E-state index in [9.17, 15) is 0 Å². The second-order valence-electron chi connectivity index (χ2n) is 2.71. The third kappa shape index (κ3) is 0.418. The molecule has 0 unspecified atom stereocenters. The molecule has 0 bridgehead atoms. The number of hydrogen-bond acceptors (Lipinski definition) is 1. The molecule has 2 aliphatic rings. The maximum atomic E-state index is 3.41. The van der Waals surface area contributed by atoms with Crippen LogP contribution in [0.5, 0.6) is 0 Å². The zero-order valence-electron chi connectivity index (χ0n) is 4.48. The molecule has 1 heteroatoms. The van der Waals surface area contributed by atoms with Crippen molar-refractivity contribution in [3.63, 3.8) is 0 Å². The minimum atomic E-state index is 0.944. The summed E-state index contributed by atoms with van der Waals surface area (Å²) >= 11 is 0. The minimum absolute atomic E-state index is 0.944. The van der Waals surface area contributed by atoms with Gasteiger partial charge in [0.1, 0.15) is 0 Å². The van der Waals surface area contributed by atoms with Gasteiger partial charge < -0.3 is 5.32 Å². The Morgan fingerprint density at radius 1 is 1.29 bits per heavy atom. The molecule has 0 aromatic heterocycles. The van der Waals surface area contributed by atoms with E-state index in [0.29, 0.717) is 0 Å². The van der Waals surface area contributed by atoms with Gasteiger partial charge in [-0.15, -0.1) is 0 Å². The Kier molecular flexibility index (Phi) is 0.680. The zero-order chi connectivity index (χ0) is 4.69. The third-order valence-electron chi connectivity index (χ3n) is 2.30. The summed E-state index contributed by atoms with van der Waals surface area (Å²) in [5.41, 5.74) is 0. The fraction of sp³-hybridized carbons (Fsp3) is 1.00. The van der Waals surface area contributed by atoms with E-state index in [1.165, 1.54) is 25.8 Å². The number of hydrogen-bond donors (Lipinski definition) is 1. The van der Waals surface area contributed by atoms with Crippen molar-refractivity contribution in [2.45, 2.75) is 25.3 Å². The van der Waals surface area contributed by atoms with E-state index < -0.39 is 0 Å². The monoisotopic (exact) mass is 97.1 g/mol. The Hall–Kier alpha value is -0.0400. The SMILES string of the molecule is C1C[C@@H]2CN[C@H]2C1. The average Bonchev–Trinajstić information content (AvgIpc) is 1.85. The smallest absolute Gasteiger partial charge is 0.0108 e. The topological polar surface area (TPSA) is 12.0 Å². The van der Waals surface area contributed by atoms with Crippen LogP contribution in [0.3, 0.4) is 0 Å². The first kappa shape index (κ1) is 3.90. The normalized spacial score (nSPS) is 48.0. The summed E-state index contributed by atoms with van der Waals surface area (Å²) in [6.45, 7) is 1.31. The predicted molar refractivity (Wildman–Crippen MR) is 29.1 cm³/mol. The van der Waals surface area contributed by atoms with E-state index in [4.69, 9.17) is 0 Å². The van der Waals surface area contributed by atoms with Gasteiger partial charge in [0.15, 0.2) is 0 Å². The van der Waals surface area contributed by atoms with Crippen molar-refractivity contribution in [1.29, 1.82) is 0 Å². The molecule has 0 radical (unpaired) electrons. The van der Waals surface area contributed by atoms with Crippen LogP contribution in [0.1, 0.15) is 19.3 Å². The van der Waals surface area contributed by atoms with Gasteiger partial charge >= 0.3 is 0 Å². The van der Waals surface area contributed by atoms with Crippen LogP contribution in [0.2, 0.25) is 0 Å². The van der Waals surface area contributed by atoms with Gasteiger partial charge in [-0.1, -0.05) is 6.42 Å². The van der Waals surface area contributed by atoms with Gasteiger partial charge in [0, 0.05) is 6.04 Å². The van der Waals surface area contributed by atoms with Crippen LogP contribution in [-0.4, -0.2) is 12.6 Å². The maximum Gasteiger partial charge on any atom is 0.0108 e. The molecule has 1 saturated carbocycles.